The minimum absolute atomic E-state index is 0.0485. The van der Waals surface area contributed by atoms with Gasteiger partial charge in [0.1, 0.15) is 0 Å². The molecule has 2 heteroatoms. The van der Waals surface area contributed by atoms with E-state index in [1.807, 2.05) is 68.5 Å². The van der Waals surface area contributed by atoms with E-state index in [2.05, 4.69) is 12.2 Å². The van der Waals surface area contributed by atoms with Crippen LogP contribution in [0.4, 0.5) is 0 Å². The van der Waals surface area contributed by atoms with Crippen LogP contribution in [0.15, 0.2) is 60.3 Å². The first kappa shape index (κ1) is 16.0. The Kier molecular flexibility index (Phi) is 7.12. The van der Waals surface area contributed by atoms with Crippen molar-refractivity contribution >= 4 is 5.91 Å². The SMILES string of the molecule is CC.CCc1ccc(C(=O)NC2=CC=CC=CC2)cc1. The van der Waals surface area contributed by atoms with Crippen LogP contribution in [0.2, 0.25) is 0 Å². The molecular formula is C18H23NO. The topological polar surface area (TPSA) is 29.1 Å². The Hall–Kier alpha value is -2.09. The highest BCUT2D eigenvalue weighted by molar-refractivity contribution is 5.95. The first-order valence-corrected chi connectivity index (χ1v) is 7.22. The Morgan fingerprint density at radius 3 is 2.45 bits per heavy atom. The minimum atomic E-state index is -0.0485. The maximum absolute atomic E-state index is 12.0. The highest BCUT2D eigenvalue weighted by Gasteiger charge is 2.06. The van der Waals surface area contributed by atoms with E-state index in [9.17, 15) is 4.79 Å². The van der Waals surface area contributed by atoms with Gasteiger partial charge >= 0.3 is 0 Å². The molecule has 20 heavy (non-hydrogen) atoms. The van der Waals surface area contributed by atoms with E-state index in [1.165, 1.54) is 5.56 Å². The van der Waals surface area contributed by atoms with E-state index in [-0.39, 0.29) is 5.91 Å². The summed E-state index contributed by atoms with van der Waals surface area (Å²) in [6, 6.07) is 7.74. The van der Waals surface area contributed by atoms with Gasteiger partial charge in [0.05, 0.1) is 0 Å². The molecule has 0 aromatic heterocycles. The number of benzene rings is 1. The van der Waals surface area contributed by atoms with E-state index in [0.29, 0.717) is 5.56 Å². The van der Waals surface area contributed by atoms with Crippen molar-refractivity contribution in [2.24, 2.45) is 0 Å². The van der Waals surface area contributed by atoms with E-state index in [4.69, 9.17) is 0 Å². The van der Waals surface area contributed by atoms with Gasteiger partial charge in [0.25, 0.3) is 5.91 Å². The minimum Gasteiger partial charge on any atom is -0.325 e. The van der Waals surface area contributed by atoms with E-state index < -0.39 is 0 Å². The number of nitrogens with one attached hydrogen (secondary N) is 1. The summed E-state index contributed by atoms with van der Waals surface area (Å²) in [5, 5.41) is 2.93. The normalized spacial score (nSPS) is 12.8. The number of allylic oxidation sites excluding steroid dienone is 5. The number of rotatable bonds is 3. The molecule has 0 saturated carbocycles. The van der Waals surface area contributed by atoms with Gasteiger partial charge in [-0.2, -0.15) is 0 Å². The first-order valence-electron chi connectivity index (χ1n) is 7.22. The van der Waals surface area contributed by atoms with Crippen molar-refractivity contribution < 1.29 is 4.79 Å². The van der Waals surface area contributed by atoms with E-state index in [1.54, 1.807) is 0 Å². The maximum Gasteiger partial charge on any atom is 0.255 e. The van der Waals surface area contributed by atoms with Crippen LogP contribution in [0.1, 0.15) is 43.1 Å². The maximum atomic E-state index is 12.0. The van der Waals surface area contributed by atoms with E-state index in [0.717, 1.165) is 18.5 Å². The van der Waals surface area contributed by atoms with Crippen molar-refractivity contribution in [2.75, 3.05) is 0 Å². The molecule has 1 aliphatic carbocycles. The summed E-state index contributed by atoms with van der Waals surface area (Å²) in [5.41, 5.74) is 2.86. The number of carbonyl (C=O) groups is 1. The number of aryl methyl sites for hydroxylation is 1. The molecule has 1 N–H and O–H groups in total. The lowest BCUT2D eigenvalue weighted by Gasteiger charge is -2.07. The molecule has 0 radical (unpaired) electrons. The molecule has 0 heterocycles. The number of hydrogen-bond donors (Lipinski definition) is 1. The summed E-state index contributed by atoms with van der Waals surface area (Å²) >= 11 is 0. The Bertz CT molecular complexity index is 507. The quantitative estimate of drug-likeness (QED) is 0.865. The van der Waals surface area contributed by atoms with Crippen molar-refractivity contribution in [1.82, 2.24) is 5.32 Å². The van der Waals surface area contributed by atoms with Gasteiger partial charge in [-0.1, -0.05) is 57.2 Å². The van der Waals surface area contributed by atoms with E-state index >= 15 is 0 Å². The lowest BCUT2D eigenvalue weighted by molar-refractivity contribution is 0.0965. The summed E-state index contributed by atoms with van der Waals surface area (Å²) in [6.07, 6.45) is 11.6. The molecule has 2 nitrogen and oxygen atoms in total. The largest absolute Gasteiger partial charge is 0.325 e. The second kappa shape index (κ2) is 8.92. The summed E-state index contributed by atoms with van der Waals surface area (Å²) in [4.78, 5) is 12.0. The fourth-order valence-electron chi connectivity index (χ4n) is 1.78. The number of hydrogen-bond acceptors (Lipinski definition) is 1. The molecule has 0 spiro atoms. The highest BCUT2D eigenvalue weighted by Crippen LogP contribution is 2.08. The molecule has 0 saturated heterocycles. The predicted molar refractivity (Wildman–Crippen MR) is 85.6 cm³/mol. The van der Waals surface area contributed by atoms with Gasteiger partial charge in [-0.05, 0) is 30.2 Å². The fourth-order valence-corrected chi connectivity index (χ4v) is 1.78. The standard InChI is InChI=1S/C16H17NO.C2H6/c1-2-13-9-11-14(12-10-13)16(18)17-15-7-5-3-4-6-8-15;1-2/h3-7,9-12H,2,8H2,1H3,(H,17,18);1-2H3. The van der Waals surface area contributed by atoms with Crippen LogP contribution < -0.4 is 5.32 Å². The van der Waals surface area contributed by atoms with Gasteiger partial charge in [0.15, 0.2) is 0 Å². The van der Waals surface area contributed by atoms with Crippen molar-refractivity contribution in [2.45, 2.75) is 33.6 Å². The molecule has 0 bridgehead atoms. The van der Waals surface area contributed by atoms with Gasteiger partial charge in [-0.15, -0.1) is 0 Å². The molecule has 1 aromatic rings. The average molecular weight is 269 g/mol. The predicted octanol–water partition coefficient (Wildman–Crippen LogP) is 4.41. The van der Waals surface area contributed by atoms with Crippen LogP contribution in [0, 0.1) is 0 Å². The third kappa shape index (κ3) is 4.88. The van der Waals surface area contributed by atoms with Crippen LogP contribution in [0.5, 0.6) is 0 Å². The zero-order chi connectivity index (χ0) is 14.8. The van der Waals surface area contributed by atoms with Gasteiger partial charge in [-0.25, -0.2) is 0 Å². The number of amides is 1. The average Bonchev–Trinajstić information content (AvgIpc) is 2.78. The molecule has 0 aliphatic heterocycles. The molecule has 2 rings (SSSR count). The summed E-state index contributed by atoms with van der Waals surface area (Å²) in [6.45, 7) is 6.10. The smallest absolute Gasteiger partial charge is 0.255 e. The zero-order valence-corrected chi connectivity index (χ0v) is 12.5. The number of carbonyl (C=O) groups excluding carboxylic acids is 1. The Morgan fingerprint density at radius 1 is 1.10 bits per heavy atom. The summed E-state index contributed by atoms with van der Waals surface area (Å²) in [7, 11) is 0. The van der Waals surface area contributed by atoms with Gasteiger partial charge < -0.3 is 5.32 Å². The van der Waals surface area contributed by atoms with Crippen LogP contribution >= 0.6 is 0 Å². The highest BCUT2D eigenvalue weighted by atomic mass is 16.1. The van der Waals surface area contributed by atoms with Crippen molar-refractivity contribution in [3.8, 4) is 0 Å². The third-order valence-corrected chi connectivity index (χ3v) is 2.89. The molecule has 1 aliphatic rings. The first-order chi connectivity index (χ1) is 9.79. The second-order valence-electron chi connectivity index (χ2n) is 4.21. The Morgan fingerprint density at radius 2 is 1.80 bits per heavy atom. The van der Waals surface area contributed by atoms with Crippen LogP contribution in [-0.2, 0) is 6.42 Å². The van der Waals surface area contributed by atoms with Crippen LogP contribution in [-0.4, -0.2) is 5.91 Å². The Balaban J connectivity index is 0.000000956. The Labute approximate surface area is 121 Å². The van der Waals surface area contributed by atoms with Crippen molar-refractivity contribution in [3.63, 3.8) is 0 Å². The second-order valence-corrected chi connectivity index (χ2v) is 4.21. The molecule has 1 amide bonds. The van der Waals surface area contributed by atoms with Crippen LogP contribution in [0.3, 0.4) is 0 Å². The monoisotopic (exact) mass is 269 g/mol. The van der Waals surface area contributed by atoms with Crippen molar-refractivity contribution in [1.29, 1.82) is 0 Å². The third-order valence-electron chi connectivity index (χ3n) is 2.89. The van der Waals surface area contributed by atoms with Gasteiger partial charge in [0, 0.05) is 17.7 Å². The molecular weight excluding hydrogens is 246 g/mol. The van der Waals surface area contributed by atoms with Crippen LogP contribution in [0.25, 0.3) is 0 Å². The lowest BCUT2D eigenvalue weighted by Crippen LogP contribution is -2.22. The zero-order valence-electron chi connectivity index (χ0n) is 12.5. The molecule has 106 valence electrons. The molecule has 0 unspecified atom stereocenters. The molecule has 0 fully saturated rings. The van der Waals surface area contributed by atoms with Gasteiger partial charge in [0.2, 0.25) is 0 Å². The molecule has 0 atom stereocenters. The summed E-state index contributed by atoms with van der Waals surface area (Å²) in [5.74, 6) is -0.0485. The van der Waals surface area contributed by atoms with Crippen molar-refractivity contribution in [3.05, 3.63) is 71.5 Å². The summed E-state index contributed by atoms with van der Waals surface area (Å²) < 4.78 is 0. The lowest BCUT2D eigenvalue weighted by atomic mass is 10.1. The van der Waals surface area contributed by atoms with Gasteiger partial charge in [-0.3, -0.25) is 4.79 Å². The fraction of sp³-hybridized carbons (Fsp3) is 0.278. The molecule has 1 aromatic carbocycles.